The van der Waals surface area contributed by atoms with Crippen LogP contribution >= 0.6 is 0 Å². The standard InChI is InChI=1S/C69H54O8S2/c1-7-49-17-25-53(26-18-49)74-65-37-33-57(41-45(65)3)78(70,71)59-35-39-67(47(5)43-59)76-55-29-21-51(22-30-55)69(63-15-11-9-13-61(63)62-14-10-12-16-64(62)69)52-23-31-56(32-24-52)77-68-40-36-60(44-48(68)6)79(72,73)58-34-38-66(46(4)42-58)75-54-27-19-50(8-2)20-28-54/h7-44H,1-2H2,3-6H3. The fraction of sp³-hybridized carbons (Fsp3) is 0.0725. The highest BCUT2D eigenvalue weighted by Crippen LogP contribution is 2.56. The van der Waals surface area contributed by atoms with Crippen LogP contribution in [0.4, 0.5) is 0 Å². The lowest BCUT2D eigenvalue weighted by molar-refractivity contribution is 0.477. The van der Waals surface area contributed by atoms with Crippen LogP contribution in [0.2, 0.25) is 0 Å². The van der Waals surface area contributed by atoms with Crippen molar-refractivity contribution in [2.45, 2.75) is 52.7 Å². The van der Waals surface area contributed by atoms with Gasteiger partial charge < -0.3 is 18.9 Å². The number of sulfone groups is 2. The Morgan fingerprint density at radius 3 is 0.873 bits per heavy atom. The molecule has 0 amide bonds. The topological polar surface area (TPSA) is 105 Å². The van der Waals surface area contributed by atoms with Crippen LogP contribution in [-0.2, 0) is 25.1 Å². The van der Waals surface area contributed by atoms with E-state index in [4.69, 9.17) is 18.9 Å². The second-order valence-electron chi connectivity index (χ2n) is 19.6. The molecule has 0 atom stereocenters. The Kier molecular flexibility index (Phi) is 13.8. The third-order valence-corrected chi connectivity index (χ3v) is 18.0. The molecule has 0 aliphatic heterocycles. The van der Waals surface area contributed by atoms with Gasteiger partial charge in [-0.1, -0.05) is 122 Å². The SMILES string of the molecule is C=Cc1ccc(Oc2ccc(S(=O)(=O)c3ccc(Oc4ccc(C5(c6ccc(Oc7ccc(S(=O)(=O)c8ccc(Oc9ccc(C=C)cc9)c(C)c8)cc7C)cc6)c6ccccc6-c6ccccc65)cc4)c(C)c3)cc2C)cc1. The van der Waals surface area contributed by atoms with E-state index in [0.29, 0.717) is 68.2 Å². The summed E-state index contributed by atoms with van der Waals surface area (Å²) in [6.45, 7) is 14.9. The summed E-state index contributed by atoms with van der Waals surface area (Å²) >= 11 is 0. The van der Waals surface area contributed by atoms with Gasteiger partial charge in [0.05, 0.1) is 25.0 Å². The molecule has 390 valence electrons. The van der Waals surface area contributed by atoms with Gasteiger partial charge in [-0.3, -0.25) is 0 Å². The number of aryl methyl sites for hydroxylation is 4. The largest absolute Gasteiger partial charge is 0.457 e. The van der Waals surface area contributed by atoms with E-state index < -0.39 is 25.1 Å². The average molecular weight is 1080 g/mol. The lowest BCUT2D eigenvalue weighted by atomic mass is 9.68. The quantitative estimate of drug-likeness (QED) is 0.0942. The molecule has 10 heteroatoms. The first kappa shape index (κ1) is 51.9. The summed E-state index contributed by atoms with van der Waals surface area (Å²) in [5.41, 5.74) is 10.5. The number of hydrogen-bond acceptors (Lipinski definition) is 8. The maximum Gasteiger partial charge on any atom is 0.206 e. The first-order chi connectivity index (χ1) is 38.1. The minimum absolute atomic E-state index is 0.156. The van der Waals surface area contributed by atoms with Crippen LogP contribution in [0.3, 0.4) is 0 Å². The summed E-state index contributed by atoms with van der Waals surface area (Å²) < 4.78 is 81.0. The first-order valence-electron chi connectivity index (χ1n) is 25.7. The summed E-state index contributed by atoms with van der Waals surface area (Å²) in [6, 6.07) is 67.7. The molecule has 0 unspecified atom stereocenters. The highest BCUT2D eigenvalue weighted by Gasteiger charge is 2.46. The first-order valence-corrected chi connectivity index (χ1v) is 28.6. The molecule has 0 saturated heterocycles. The van der Waals surface area contributed by atoms with Gasteiger partial charge in [-0.25, -0.2) is 16.8 Å². The Morgan fingerprint density at radius 1 is 0.342 bits per heavy atom. The van der Waals surface area contributed by atoms with E-state index in [2.05, 4.69) is 86.0 Å². The number of benzene rings is 10. The predicted molar refractivity (Wildman–Crippen MR) is 313 cm³/mol. The predicted octanol–water partition coefficient (Wildman–Crippen LogP) is 17.4. The summed E-state index contributed by atoms with van der Waals surface area (Å²) in [6.07, 6.45) is 3.51. The Bertz CT molecular complexity index is 3950. The average Bonchev–Trinajstić information content (AvgIpc) is 3.82. The molecule has 0 fully saturated rings. The summed E-state index contributed by atoms with van der Waals surface area (Å²) in [4.78, 5) is 0.642. The van der Waals surface area contributed by atoms with Crippen LogP contribution < -0.4 is 18.9 Å². The van der Waals surface area contributed by atoms with Crippen molar-refractivity contribution in [3.8, 4) is 57.1 Å². The minimum atomic E-state index is -3.87. The number of hydrogen-bond donors (Lipinski definition) is 0. The van der Waals surface area contributed by atoms with E-state index in [1.54, 1.807) is 84.9 Å². The molecular formula is C69H54O8S2. The van der Waals surface area contributed by atoms with Gasteiger partial charge in [-0.05, 0) is 216 Å². The van der Waals surface area contributed by atoms with Crippen molar-refractivity contribution in [2.24, 2.45) is 0 Å². The Morgan fingerprint density at radius 2 is 0.608 bits per heavy atom. The van der Waals surface area contributed by atoms with E-state index in [1.807, 2.05) is 100 Å². The van der Waals surface area contributed by atoms with Crippen molar-refractivity contribution < 1.29 is 35.8 Å². The highest BCUT2D eigenvalue weighted by atomic mass is 32.2. The van der Waals surface area contributed by atoms with Crippen molar-refractivity contribution in [2.75, 3.05) is 0 Å². The molecule has 1 aliphatic carbocycles. The zero-order valence-corrected chi connectivity index (χ0v) is 45.6. The van der Waals surface area contributed by atoms with Crippen LogP contribution in [-0.4, -0.2) is 16.8 Å². The Balaban J connectivity index is 0.829. The van der Waals surface area contributed by atoms with Gasteiger partial charge in [-0.2, -0.15) is 0 Å². The van der Waals surface area contributed by atoms with Crippen molar-refractivity contribution in [1.82, 2.24) is 0 Å². The molecule has 8 nitrogen and oxygen atoms in total. The van der Waals surface area contributed by atoms with Gasteiger partial charge in [0.1, 0.15) is 46.0 Å². The summed E-state index contributed by atoms with van der Waals surface area (Å²) in [5.74, 6) is 4.64. The fourth-order valence-corrected chi connectivity index (χ4v) is 13.2. The zero-order valence-electron chi connectivity index (χ0n) is 43.9. The van der Waals surface area contributed by atoms with Crippen LogP contribution in [0.5, 0.6) is 46.0 Å². The van der Waals surface area contributed by atoms with Gasteiger partial charge in [-0.15, -0.1) is 0 Å². The maximum atomic E-state index is 14.0. The molecule has 11 rings (SSSR count). The van der Waals surface area contributed by atoms with E-state index >= 15 is 0 Å². The van der Waals surface area contributed by atoms with Gasteiger partial charge >= 0.3 is 0 Å². The van der Waals surface area contributed by atoms with Gasteiger partial charge in [0, 0.05) is 0 Å². The zero-order chi connectivity index (χ0) is 55.1. The van der Waals surface area contributed by atoms with Crippen LogP contribution in [0.15, 0.2) is 251 Å². The molecule has 0 saturated carbocycles. The molecule has 10 aromatic carbocycles. The molecule has 0 heterocycles. The molecule has 79 heavy (non-hydrogen) atoms. The second-order valence-corrected chi connectivity index (χ2v) is 23.5. The Hall–Kier alpha value is -9.22. The van der Waals surface area contributed by atoms with E-state index in [9.17, 15) is 16.8 Å². The van der Waals surface area contributed by atoms with Crippen LogP contribution in [0, 0.1) is 27.7 Å². The Labute approximate surface area is 462 Å². The van der Waals surface area contributed by atoms with Crippen molar-refractivity contribution in [3.05, 3.63) is 287 Å². The molecule has 1 aliphatic rings. The normalized spacial score (nSPS) is 12.5. The van der Waals surface area contributed by atoms with E-state index in [1.165, 1.54) is 0 Å². The molecule has 10 aromatic rings. The highest BCUT2D eigenvalue weighted by molar-refractivity contribution is 7.91. The smallest absolute Gasteiger partial charge is 0.206 e. The number of fused-ring (bicyclic) bond motifs is 3. The molecule has 0 radical (unpaired) electrons. The van der Waals surface area contributed by atoms with Crippen molar-refractivity contribution in [3.63, 3.8) is 0 Å². The lowest BCUT2D eigenvalue weighted by Crippen LogP contribution is -2.28. The number of rotatable bonds is 16. The van der Waals surface area contributed by atoms with Crippen LogP contribution in [0.25, 0.3) is 23.3 Å². The summed E-state index contributed by atoms with van der Waals surface area (Å²) in [7, 11) is -7.74. The fourth-order valence-electron chi connectivity index (χ4n) is 10.3. The minimum Gasteiger partial charge on any atom is -0.457 e. The van der Waals surface area contributed by atoms with Gasteiger partial charge in [0.25, 0.3) is 0 Å². The monoisotopic (exact) mass is 1070 g/mol. The molecule has 0 aromatic heterocycles. The second kappa shape index (κ2) is 21.0. The van der Waals surface area contributed by atoms with E-state index in [0.717, 1.165) is 44.5 Å². The molecular weight excluding hydrogens is 1020 g/mol. The maximum absolute atomic E-state index is 14.0. The molecule has 0 spiro atoms. The summed E-state index contributed by atoms with van der Waals surface area (Å²) in [5, 5.41) is 0. The lowest BCUT2D eigenvalue weighted by Gasteiger charge is -2.34. The molecule has 0 N–H and O–H groups in total. The van der Waals surface area contributed by atoms with Crippen molar-refractivity contribution >= 4 is 31.8 Å². The van der Waals surface area contributed by atoms with Gasteiger partial charge in [0.2, 0.25) is 19.7 Å². The van der Waals surface area contributed by atoms with Gasteiger partial charge in [0.15, 0.2) is 0 Å². The number of ether oxygens (including phenoxy) is 4. The molecule has 0 bridgehead atoms. The van der Waals surface area contributed by atoms with Crippen LogP contribution in [0.1, 0.15) is 55.6 Å². The third kappa shape index (κ3) is 9.81. The third-order valence-electron chi connectivity index (χ3n) is 14.5. The van der Waals surface area contributed by atoms with E-state index in [-0.39, 0.29) is 19.6 Å². The van der Waals surface area contributed by atoms with Crippen molar-refractivity contribution in [1.29, 1.82) is 0 Å².